The van der Waals surface area contributed by atoms with Gasteiger partial charge in [-0.15, -0.1) is 0 Å². The van der Waals surface area contributed by atoms with Crippen LogP contribution in [-0.2, 0) is 4.79 Å². The molecule has 0 unspecified atom stereocenters. The molecule has 104 valence electrons. The Hall–Kier alpha value is -0.570. The lowest BCUT2D eigenvalue weighted by Crippen LogP contribution is -2.32. The average Bonchev–Trinajstić information content (AvgIpc) is 2.82. The molecule has 0 aromatic rings. The predicted molar refractivity (Wildman–Crippen MR) is 72.5 cm³/mol. The van der Waals surface area contributed by atoms with Crippen LogP contribution in [0.1, 0.15) is 51.4 Å². The minimum absolute atomic E-state index is 0.0682. The van der Waals surface area contributed by atoms with Crippen molar-refractivity contribution in [3.8, 4) is 0 Å². The van der Waals surface area contributed by atoms with E-state index >= 15 is 0 Å². The maximum absolute atomic E-state index is 10.9. The molecular weight excluding hydrogens is 226 g/mol. The minimum atomic E-state index is -0.590. The van der Waals surface area contributed by atoms with Gasteiger partial charge in [-0.2, -0.15) is 0 Å². The van der Waals surface area contributed by atoms with Crippen LogP contribution in [-0.4, -0.2) is 36.1 Å². The molecule has 0 saturated heterocycles. The Bertz CT molecular complexity index is 266. The van der Waals surface area contributed by atoms with Crippen LogP contribution >= 0.6 is 0 Å². The largest absolute Gasteiger partial charge is 0.481 e. The molecule has 0 aromatic heterocycles. The van der Waals surface area contributed by atoms with E-state index in [4.69, 9.17) is 5.11 Å². The Morgan fingerprint density at radius 3 is 2.00 bits per heavy atom. The number of aliphatic carboxylic acids is 1. The summed E-state index contributed by atoms with van der Waals surface area (Å²) in [5.41, 5.74) is 0. The molecule has 3 heteroatoms. The molecule has 2 saturated carbocycles. The van der Waals surface area contributed by atoms with Gasteiger partial charge >= 0.3 is 5.97 Å². The Morgan fingerprint density at radius 1 is 1.00 bits per heavy atom. The average molecular weight is 253 g/mol. The van der Waals surface area contributed by atoms with Crippen molar-refractivity contribution >= 4 is 5.97 Å². The maximum atomic E-state index is 10.9. The molecule has 0 aliphatic heterocycles. The number of carboxylic acids is 1. The molecule has 2 rings (SSSR count). The smallest absolute Gasteiger partial charge is 0.306 e. The zero-order valence-corrected chi connectivity index (χ0v) is 11.6. The molecule has 0 atom stereocenters. The fourth-order valence-electron chi connectivity index (χ4n) is 3.74. The van der Waals surface area contributed by atoms with E-state index in [-0.39, 0.29) is 5.92 Å². The normalized spacial score (nSPS) is 29.9. The minimum Gasteiger partial charge on any atom is -0.481 e. The van der Waals surface area contributed by atoms with E-state index in [9.17, 15) is 4.79 Å². The molecule has 0 spiro atoms. The Kier molecular flexibility index (Phi) is 5.04. The number of nitrogens with zero attached hydrogens (tertiary/aromatic N) is 1. The molecule has 0 amide bonds. The van der Waals surface area contributed by atoms with E-state index in [0.29, 0.717) is 0 Å². The molecule has 2 fully saturated rings. The topological polar surface area (TPSA) is 40.5 Å². The summed E-state index contributed by atoms with van der Waals surface area (Å²) in [5, 5.41) is 8.99. The Morgan fingerprint density at radius 2 is 1.50 bits per heavy atom. The highest BCUT2D eigenvalue weighted by atomic mass is 16.4. The monoisotopic (exact) mass is 253 g/mol. The van der Waals surface area contributed by atoms with Crippen LogP contribution in [0.4, 0.5) is 0 Å². The molecule has 0 radical (unpaired) electrons. The molecule has 0 aromatic carbocycles. The van der Waals surface area contributed by atoms with Gasteiger partial charge in [0.2, 0.25) is 0 Å². The fraction of sp³-hybridized carbons (Fsp3) is 0.933. The Balaban J connectivity index is 1.65. The SMILES string of the molecule is CN(CC1CCCC1)CC1CCC(C(=O)O)CC1. The summed E-state index contributed by atoms with van der Waals surface area (Å²) in [6.45, 7) is 2.42. The maximum Gasteiger partial charge on any atom is 0.306 e. The van der Waals surface area contributed by atoms with Gasteiger partial charge in [0.05, 0.1) is 5.92 Å². The van der Waals surface area contributed by atoms with E-state index in [1.54, 1.807) is 0 Å². The summed E-state index contributed by atoms with van der Waals surface area (Å²) >= 11 is 0. The van der Waals surface area contributed by atoms with E-state index in [1.165, 1.54) is 38.8 Å². The molecule has 18 heavy (non-hydrogen) atoms. The third-order valence-corrected chi connectivity index (χ3v) is 4.81. The fourth-order valence-corrected chi connectivity index (χ4v) is 3.74. The Labute approximate surface area is 111 Å². The van der Waals surface area contributed by atoms with Gasteiger partial charge < -0.3 is 10.0 Å². The van der Waals surface area contributed by atoms with Crippen LogP contribution in [0, 0.1) is 17.8 Å². The van der Waals surface area contributed by atoms with Gasteiger partial charge in [-0.25, -0.2) is 0 Å². The van der Waals surface area contributed by atoms with E-state index < -0.39 is 5.97 Å². The zero-order valence-electron chi connectivity index (χ0n) is 11.6. The summed E-state index contributed by atoms with van der Waals surface area (Å²) in [6.07, 6.45) is 9.64. The summed E-state index contributed by atoms with van der Waals surface area (Å²) < 4.78 is 0. The van der Waals surface area contributed by atoms with Gasteiger partial charge in [-0.1, -0.05) is 12.8 Å². The van der Waals surface area contributed by atoms with Crippen molar-refractivity contribution < 1.29 is 9.90 Å². The van der Waals surface area contributed by atoms with Crippen molar-refractivity contribution in [2.24, 2.45) is 17.8 Å². The first-order valence-electron chi connectivity index (χ1n) is 7.56. The summed E-state index contributed by atoms with van der Waals surface area (Å²) in [4.78, 5) is 13.4. The second kappa shape index (κ2) is 6.55. The number of rotatable bonds is 5. The lowest BCUT2D eigenvalue weighted by molar-refractivity contribution is -0.143. The first-order chi connectivity index (χ1) is 8.65. The molecular formula is C15H27NO2. The second-order valence-corrected chi connectivity index (χ2v) is 6.43. The lowest BCUT2D eigenvalue weighted by Gasteiger charge is -2.30. The summed E-state index contributed by atoms with van der Waals surface area (Å²) in [6, 6.07) is 0. The molecule has 1 N–H and O–H groups in total. The summed E-state index contributed by atoms with van der Waals surface area (Å²) in [7, 11) is 2.24. The number of hydrogen-bond acceptors (Lipinski definition) is 2. The third kappa shape index (κ3) is 3.98. The number of hydrogen-bond donors (Lipinski definition) is 1. The molecule has 2 aliphatic carbocycles. The van der Waals surface area contributed by atoms with Crippen molar-refractivity contribution in [2.75, 3.05) is 20.1 Å². The second-order valence-electron chi connectivity index (χ2n) is 6.43. The molecule has 0 heterocycles. The van der Waals surface area contributed by atoms with Crippen LogP contribution in [0.25, 0.3) is 0 Å². The first kappa shape index (κ1) is 13.9. The standard InChI is InChI=1S/C15H27NO2/c1-16(10-12-4-2-3-5-12)11-13-6-8-14(9-7-13)15(17)18/h12-14H,2-11H2,1H3,(H,17,18). The number of carboxylic acid groups (broad SMARTS) is 1. The molecule has 2 aliphatic rings. The van der Waals surface area contributed by atoms with Crippen molar-refractivity contribution in [2.45, 2.75) is 51.4 Å². The van der Waals surface area contributed by atoms with Gasteiger partial charge in [0.25, 0.3) is 0 Å². The van der Waals surface area contributed by atoms with Crippen LogP contribution in [0.15, 0.2) is 0 Å². The highest BCUT2D eigenvalue weighted by Gasteiger charge is 2.27. The van der Waals surface area contributed by atoms with E-state index in [2.05, 4.69) is 11.9 Å². The van der Waals surface area contributed by atoms with Gasteiger partial charge in [0.15, 0.2) is 0 Å². The van der Waals surface area contributed by atoms with Gasteiger partial charge in [-0.05, 0) is 57.4 Å². The highest BCUT2D eigenvalue weighted by Crippen LogP contribution is 2.30. The van der Waals surface area contributed by atoms with Crippen molar-refractivity contribution in [1.29, 1.82) is 0 Å². The van der Waals surface area contributed by atoms with Gasteiger partial charge in [0.1, 0.15) is 0 Å². The van der Waals surface area contributed by atoms with Gasteiger partial charge in [0, 0.05) is 13.1 Å². The van der Waals surface area contributed by atoms with Crippen molar-refractivity contribution in [3.63, 3.8) is 0 Å². The van der Waals surface area contributed by atoms with Gasteiger partial charge in [-0.3, -0.25) is 4.79 Å². The van der Waals surface area contributed by atoms with Crippen LogP contribution < -0.4 is 0 Å². The zero-order chi connectivity index (χ0) is 13.0. The third-order valence-electron chi connectivity index (χ3n) is 4.81. The van der Waals surface area contributed by atoms with Crippen LogP contribution in [0.2, 0.25) is 0 Å². The predicted octanol–water partition coefficient (Wildman–Crippen LogP) is 3.00. The number of carbonyl (C=O) groups is 1. The summed E-state index contributed by atoms with van der Waals surface area (Å²) in [5.74, 6) is 0.992. The lowest BCUT2D eigenvalue weighted by atomic mass is 9.82. The van der Waals surface area contributed by atoms with Crippen molar-refractivity contribution in [3.05, 3.63) is 0 Å². The molecule has 3 nitrogen and oxygen atoms in total. The van der Waals surface area contributed by atoms with Crippen LogP contribution in [0.5, 0.6) is 0 Å². The van der Waals surface area contributed by atoms with Crippen LogP contribution in [0.3, 0.4) is 0 Å². The quantitative estimate of drug-likeness (QED) is 0.819. The first-order valence-corrected chi connectivity index (χ1v) is 7.56. The van der Waals surface area contributed by atoms with E-state index in [1.807, 2.05) is 0 Å². The van der Waals surface area contributed by atoms with E-state index in [0.717, 1.165) is 37.5 Å². The molecule has 0 bridgehead atoms. The van der Waals surface area contributed by atoms with Crippen molar-refractivity contribution in [1.82, 2.24) is 4.90 Å². The highest BCUT2D eigenvalue weighted by molar-refractivity contribution is 5.69.